The summed E-state index contributed by atoms with van der Waals surface area (Å²) in [5.74, 6) is 0.818. The van der Waals surface area contributed by atoms with Crippen LogP contribution in [-0.2, 0) is 4.79 Å². The Morgan fingerprint density at radius 3 is 2.62 bits per heavy atom. The maximum Gasteiger partial charge on any atom is 0.244 e. The molecule has 0 atom stereocenters. The van der Waals surface area contributed by atoms with E-state index in [1.54, 1.807) is 6.20 Å². The van der Waals surface area contributed by atoms with E-state index < -0.39 is 5.54 Å². The predicted octanol–water partition coefficient (Wildman–Crippen LogP) is 2.28. The average Bonchev–Trinajstić information content (AvgIpc) is 3.02. The number of aromatic nitrogens is 1. The van der Waals surface area contributed by atoms with Crippen LogP contribution in [0.5, 0.6) is 0 Å². The second-order valence-electron chi connectivity index (χ2n) is 6.24. The van der Waals surface area contributed by atoms with Gasteiger partial charge < -0.3 is 16.0 Å². The molecule has 0 radical (unpaired) electrons. The molecule has 21 heavy (non-hydrogen) atoms. The number of rotatable bonds is 3. The summed E-state index contributed by atoms with van der Waals surface area (Å²) < 4.78 is 0. The maximum absolute atomic E-state index is 12.6. The van der Waals surface area contributed by atoms with Crippen LogP contribution < -0.4 is 16.0 Å². The summed E-state index contributed by atoms with van der Waals surface area (Å²) in [4.78, 5) is 19.3. The van der Waals surface area contributed by atoms with Crippen molar-refractivity contribution in [3.05, 3.63) is 18.3 Å². The standard InChI is InChI=1S/C16H24N4O/c17-16(8-2-1-3-9-16)15(21)19-13-7-6-10-18-14(13)20-11-4-5-12-20/h6-7,10H,1-5,8-9,11-12,17H2,(H,19,21). The molecule has 0 spiro atoms. The summed E-state index contributed by atoms with van der Waals surface area (Å²) in [7, 11) is 0. The lowest BCUT2D eigenvalue weighted by molar-refractivity contribution is -0.122. The second-order valence-corrected chi connectivity index (χ2v) is 6.24. The molecule has 1 aromatic heterocycles. The summed E-state index contributed by atoms with van der Waals surface area (Å²) in [6.07, 6.45) is 8.96. The predicted molar refractivity (Wildman–Crippen MR) is 84.3 cm³/mol. The molecular weight excluding hydrogens is 264 g/mol. The van der Waals surface area contributed by atoms with Crippen LogP contribution in [0.2, 0.25) is 0 Å². The van der Waals surface area contributed by atoms with Crippen molar-refractivity contribution in [2.75, 3.05) is 23.3 Å². The van der Waals surface area contributed by atoms with Crippen molar-refractivity contribution in [1.82, 2.24) is 4.98 Å². The summed E-state index contributed by atoms with van der Waals surface area (Å²) >= 11 is 0. The summed E-state index contributed by atoms with van der Waals surface area (Å²) in [5.41, 5.74) is 6.39. The summed E-state index contributed by atoms with van der Waals surface area (Å²) in [6.45, 7) is 2.02. The molecule has 1 saturated carbocycles. The Kier molecular flexibility index (Phi) is 4.10. The Labute approximate surface area is 125 Å². The molecule has 5 heteroatoms. The van der Waals surface area contributed by atoms with E-state index in [2.05, 4.69) is 15.2 Å². The number of nitrogens with zero attached hydrogens (tertiary/aromatic N) is 2. The second kappa shape index (κ2) is 6.02. The Morgan fingerprint density at radius 1 is 1.19 bits per heavy atom. The van der Waals surface area contributed by atoms with Gasteiger partial charge in [0, 0.05) is 19.3 Å². The topological polar surface area (TPSA) is 71.2 Å². The minimum atomic E-state index is -0.712. The van der Waals surface area contributed by atoms with Gasteiger partial charge in [-0.05, 0) is 37.8 Å². The lowest BCUT2D eigenvalue weighted by Crippen LogP contribution is -2.52. The van der Waals surface area contributed by atoms with E-state index in [1.807, 2.05) is 12.1 Å². The molecule has 114 valence electrons. The smallest absolute Gasteiger partial charge is 0.244 e. The molecule has 5 nitrogen and oxygen atoms in total. The van der Waals surface area contributed by atoms with Crippen molar-refractivity contribution in [3.63, 3.8) is 0 Å². The number of hydrogen-bond donors (Lipinski definition) is 2. The molecule has 1 saturated heterocycles. The SMILES string of the molecule is NC1(C(=O)Nc2cccnc2N2CCCC2)CCCCC1. The fraction of sp³-hybridized carbons (Fsp3) is 0.625. The van der Waals surface area contributed by atoms with Gasteiger partial charge in [0.05, 0.1) is 11.2 Å². The molecule has 2 aliphatic rings. The van der Waals surface area contributed by atoms with Gasteiger partial charge >= 0.3 is 0 Å². The van der Waals surface area contributed by atoms with Crippen LogP contribution in [0.15, 0.2) is 18.3 Å². The van der Waals surface area contributed by atoms with Crippen molar-refractivity contribution < 1.29 is 4.79 Å². The number of nitrogens with two attached hydrogens (primary N) is 1. The molecule has 1 amide bonds. The average molecular weight is 288 g/mol. The van der Waals surface area contributed by atoms with Gasteiger partial charge in [-0.2, -0.15) is 0 Å². The monoisotopic (exact) mass is 288 g/mol. The van der Waals surface area contributed by atoms with Gasteiger partial charge in [0.15, 0.2) is 5.82 Å². The molecule has 3 N–H and O–H groups in total. The molecule has 1 aliphatic heterocycles. The molecule has 2 fully saturated rings. The van der Waals surface area contributed by atoms with E-state index in [0.29, 0.717) is 0 Å². The van der Waals surface area contributed by atoms with Gasteiger partial charge in [0.25, 0.3) is 0 Å². The summed E-state index contributed by atoms with van der Waals surface area (Å²) in [5, 5.41) is 3.03. The van der Waals surface area contributed by atoms with Crippen LogP contribution in [0.25, 0.3) is 0 Å². The first-order valence-electron chi connectivity index (χ1n) is 7.99. The zero-order valence-electron chi connectivity index (χ0n) is 12.5. The number of amides is 1. The first-order chi connectivity index (χ1) is 10.2. The third kappa shape index (κ3) is 3.02. The molecule has 1 aromatic rings. The van der Waals surface area contributed by atoms with E-state index in [9.17, 15) is 4.79 Å². The first kappa shape index (κ1) is 14.3. The summed E-state index contributed by atoms with van der Waals surface area (Å²) in [6, 6.07) is 3.78. The zero-order valence-corrected chi connectivity index (χ0v) is 12.5. The highest BCUT2D eigenvalue weighted by Crippen LogP contribution is 2.30. The molecular formula is C16H24N4O. The Morgan fingerprint density at radius 2 is 1.90 bits per heavy atom. The third-order valence-electron chi connectivity index (χ3n) is 4.64. The normalized spacial score (nSPS) is 21.3. The highest BCUT2D eigenvalue weighted by molar-refractivity contribution is 6.00. The molecule has 2 heterocycles. The van der Waals surface area contributed by atoms with Gasteiger partial charge in [0.1, 0.15) is 0 Å². The van der Waals surface area contributed by atoms with Crippen molar-refractivity contribution in [2.45, 2.75) is 50.5 Å². The van der Waals surface area contributed by atoms with Crippen LogP contribution in [0, 0.1) is 0 Å². The van der Waals surface area contributed by atoms with Crippen LogP contribution in [-0.4, -0.2) is 29.5 Å². The lowest BCUT2D eigenvalue weighted by Gasteiger charge is -2.32. The zero-order chi connectivity index (χ0) is 14.7. The fourth-order valence-corrected chi connectivity index (χ4v) is 3.33. The van der Waals surface area contributed by atoms with E-state index in [4.69, 9.17) is 5.73 Å². The van der Waals surface area contributed by atoms with E-state index in [1.165, 1.54) is 19.3 Å². The van der Waals surface area contributed by atoms with Gasteiger partial charge in [0.2, 0.25) is 5.91 Å². The van der Waals surface area contributed by atoms with E-state index in [-0.39, 0.29) is 5.91 Å². The molecule has 1 aliphatic carbocycles. The molecule has 0 bridgehead atoms. The van der Waals surface area contributed by atoms with Crippen LogP contribution in [0.4, 0.5) is 11.5 Å². The fourth-order valence-electron chi connectivity index (χ4n) is 3.33. The number of carbonyl (C=O) groups is 1. The highest BCUT2D eigenvalue weighted by atomic mass is 16.2. The lowest BCUT2D eigenvalue weighted by atomic mass is 9.82. The minimum absolute atomic E-state index is 0.0596. The molecule has 0 unspecified atom stereocenters. The van der Waals surface area contributed by atoms with Crippen LogP contribution >= 0.6 is 0 Å². The Bertz CT molecular complexity index is 505. The van der Waals surface area contributed by atoms with Crippen molar-refractivity contribution in [2.24, 2.45) is 5.73 Å². The van der Waals surface area contributed by atoms with Gasteiger partial charge in [-0.1, -0.05) is 19.3 Å². The van der Waals surface area contributed by atoms with E-state index in [0.717, 1.165) is 50.3 Å². The number of anilines is 2. The van der Waals surface area contributed by atoms with Crippen LogP contribution in [0.3, 0.4) is 0 Å². The number of pyridine rings is 1. The quantitative estimate of drug-likeness (QED) is 0.895. The van der Waals surface area contributed by atoms with Gasteiger partial charge in [-0.25, -0.2) is 4.98 Å². The van der Waals surface area contributed by atoms with E-state index >= 15 is 0 Å². The van der Waals surface area contributed by atoms with Gasteiger partial charge in [-0.15, -0.1) is 0 Å². The van der Waals surface area contributed by atoms with Gasteiger partial charge in [-0.3, -0.25) is 4.79 Å². The maximum atomic E-state index is 12.6. The van der Waals surface area contributed by atoms with Crippen LogP contribution in [0.1, 0.15) is 44.9 Å². The minimum Gasteiger partial charge on any atom is -0.355 e. The first-order valence-corrected chi connectivity index (χ1v) is 7.99. The van der Waals surface area contributed by atoms with Crippen molar-refractivity contribution >= 4 is 17.4 Å². The Balaban J connectivity index is 1.76. The number of hydrogen-bond acceptors (Lipinski definition) is 4. The van der Waals surface area contributed by atoms with Crippen molar-refractivity contribution in [1.29, 1.82) is 0 Å². The Hall–Kier alpha value is -1.62. The molecule has 0 aromatic carbocycles. The highest BCUT2D eigenvalue weighted by Gasteiger charge is 2.35. The largest absolute Gasteiger partial charge is 0.355 e. The number of nitrogens with one attached hydrogen (secondary N) is 1. The third-order valence-corrected chi connectivity index (χ3v) is 4.64. The van der Waals surface area contributed by atoms with Crippen molar-refractivity contribution in [3.8, 4) is 0 Å². The number of carbonyl (C=O) groups excluding carboxylic acids is 1. The molecule has 3 rings (SSSR count).